The molecular formula is C17H14F3N3O2. The summed E-state index contributed by atoms with van der Waals surface area (Å²) >= 11 is 0. The Morgan fingerprint density at radius 2 is 1.76 bits per heavy atom. The zero-order valence-electron chi connectivity index (χ0n) is 13.0. The number of carbonyl (C=O) groups is 2. The van der Waals surface area contributed by atoms with Crippen molar-refractivity contribution in [3.8, 4) is 11.3 Å². The topological polar surface area (TPSA) is 62.3 Å². The van der Waals surface area contributed by atoms with Gasteiger partial charge in [-0.15, -0.1) is 0 Å². The number of amides is 3. The van der Waals surface area contributed by atoms with Crippen LogP contribution in [0.2, 0.25) is 0 Å². The van der Waals surface area contributed by atoms with E-state index in [1.54, 1.807) is 18.2 Å². The maximum atomic E-state index is 12.9. The lowest BCUT2D eigenvalue weighted by Crippen LogP contribution is -2.32. The minimum atomic E-state index is -1.46. The smallest absolute Gasteiger partial charge is 0.324 e. The second-order valence-electron chi connectivity index (χ2n) is 5.62. The van der Waals surface area contributed by atoms with Gasteiger partial charge in [0.15, 0.2) is 17.5 Å². The average molecular weight is 349 g/mol. The van der Waals surface area contributed by atoms with E-state index in [1.807, 2.05) is 0 Å². The predicted octanol–water partition coefficient (Wildman–Crippen LogP) is 2.87. The van der Waals surface area contributed by atoms with Crippen molar-refractivity contribution in [3.63, 3.8) is 0 Å². The van der Waals surface area contributed by atoms with Gasteiger partial charge < -0.3 is 5.32 Å². The van der Waals surface area contributed by atoms with Crippen molar-refractivity contribution < 1.29 is 22.8 Å². The summed E-state index contributed by atoms with van der Waals surface area (Å²) < 4.78 is 38.4. The first kappa shape index (κ1) is 16.9. The highest BCUT2D eigenvalue weighted by atomic mass is 19.2. The van der Waals surface area contributed by atoms with Gasteiger partial charge in [0.25, 0.3) is 0 Å². The van der Waals surface area contributed by atoms with Gasteiger partial charge in [-0.1, -0.05) is 6.07 Å². The molecular weight excluding hydrogens is 335 g/mol. The van der Waals surface area contributed by atoms with Gasteiger partial charge in [0.1, 0.15) is 0 Å². The summed E-state index contributed by atoms with van der Waals surface area (Å²) in [5, 5.41) is 2.48. The van der Waals surface area contributed by atoms with E-state index < -0.39 is 17.5 Å². The van der Waals surface area contributed by atoms with Crippen LogP contribution in [0, 0.1) is 17.5 Å². The first-order valence-electron chi connectivity index (χ1n) is 7.63. The summed E-state index contributed by atoms with van der Waals surface area (Å²) in [6.45, 7) is 0.190. The van der Waals surface area contributed by atoms with E-state index in [-0.39, 0.29) is 30.1 Å². The minimum absolute atomic E-state index is 0.0764. The number of aromatic nitrogens is 1. The lowest BCUT2D eigenvalue weighted by atomic mass is 10.1. The predicted molar refractivity (Wildman–Crippen MR) is 82.8 cm³/mol. The van der Waals surface area contributed by atoms with Crippen LogP contribution in [0.1, 0.15) is 12.8 Å². The third kappa shape index (κ3) is 3.78. The van der Waals surface area contributed by atoms with E-state index in [0.29, 0.717) is 5.69 Å². The number of urea groups is 1. The Labute approximate surface area is 141 Å². The van der Waals surface area contributed by atoms with Gasteiger partial charge in [0.05, 0.1) is 12.2 Å². The highest BCUT2D eigenvalue weighted by Gasteiger charge is 2.40. The maximum absolute atomic E-state index is 12.9. The number of carbonyl (C=O) groups excluding carboxylic acids is 2. The van der Waals surface area contributed by atoms with Crippen LogP contribution >= 0.6 is 0 Å². The van der Waals surface area contributed by atoms with Crippen LogP contribution in [0.4, 0.5) is 18.0 Å². The summed E-state index contributed by atoms with van der Waals surface area (Å²) in [5.41, 5.74) is 0.613. The summed E-state index contributed by atoms with van der Waals surface area (Å²) in [5.74, 6) is -3.96. The molecule has 130 valence electrons. The van der Waals surface area contributed by atoms with Crippen LogP contribution in [0.25, 0.3) is 11.3 Å². The van der Waals surface area contributed by atoms with Crippen molar-refractivity contribution in [3.05, 3.63) is 54.0 Å². The molecule has 1 aromatic carbocycles. The second-order valence-corrected chi connectivity index (χ2v) is 5.62. The fourth-order valence-electron chi connectivity index (χ4n) is 2.37. The largest absolute Gasteiger partial charge is 0.329 e. The van der Waals surface area contributed by atoms with Gasteiger partial charge >= 0.3 is 6.03 Å². The van der Waals surface area contributed by atoms with Crippen LogP contribution < -0.4 is 5.32 Å². The van der Waals surface area contributed by atoms with Gasteiger partial charge in [-0.2, -0.15) is 0 Å². The van der Waals surface area contributed by atoms with Crippen LogP contribution in [0.3, 0.4) is 0 Å². The van der Waals surface area contributed by atoms with Crippen molar-refractivity contribution in [1.82, 2.24) is 15.2 Å². The van der Waals surface area contributed by atoms with Gasteiger partial charge in [0.2, 0.25) is 5.91 Å². The van der Waals surface area contributed by atoms with E-state index in [4.69, 9.17) is 0 Å². The zero-order chi connectivity index (χ0) is 18.0. The maximum Gasteiger partial charge on any atom is 0.324 e. The Morgan fingerprint density at radius 1 is 1.08 bits per heavy atom. The first-order valence-corrected chi connectivity index (χ1v) is 7.63. The summed E-state index contributed by atoms with van der Waals surface area (Å²) in [7, 11) is 0. The molecule has 1 aliphatic heterocycles. The normalized spacial score (nSPS) is 16.4. The molecule has 5 nitrogen and oxygen atoms in total. The average Bonchev–Trinajstić information content (AvgIpc) is 3.38. The molecule has 1 saturated carbocycles. The molecule has 2 aliphatic rings. The zero-order valence-corrected chi connectivity index (χ0v) is 13.0. The number of imide groups is 1. The molecule has 1 N–H and O–H groups in total. The van der Waals surface area contributed by atoms with Crippen LogP contribution in [-0.4, -0.2) is 34.4 Å². The minimum Gasteiger partial charge on any atom is -0.329 e. The van der Waals surface area contributed by atoms with Gasteiger partial charge in [-0.3, -0.25) is 14.7 Å². The Balaban J connectivity index is 0.000000157. The Morgan fingerprint density at radius 3 is 2.24 bits per heavy atom. The molecule has 0 atom stereocenters. The number of benzene rings is 1. The quantitative estimate of drug-likeness (QED) is 0.670. The van der Waals surface area contributed by atoms with Crippen molar-refractivity contribution in [2.24, 2.45) is 0 Å². The van der Waals surface area contributed by atoms with Gasteiger partial charge in [-0.05, 0) is 37.1 Å². The molecule has 3 amide bonds. The third-order valence-electron chi connectivity index (χ3n) is 3.73. The molecule has 2 heterocycles. The number of rotatable bonds is 2. The number of hydrogen-bond donors (Lipinski definition) is 1. The highest BCUT2D eigenvalue weighted by Crippen LogP contribution is 2.28. The summed E-state index contributed by atoms with van der Waals surface area (Å²) in [6.07, 6.45) is 3.47. The van der Waals surface area contributed by atoms with Crippen molar-refractivity contribution in [2.75, 3.05) is 6.54 Å². The summed E-state index contributed by atoms with van der Waals surface area (Å²) in [4.78, 5) is 27.0. The Bertz CT molecular complexity index is 771. The van der Waals surface area contributed by atoms with E-state index in [2.05, 4.69) is 10.3 Å². The lowest BCUT2D eigenvalue weighted by molar-refractivity contribution is -0.125. The number of halogens is 3. The van der Waals surface area contributed by atoms with Gasteiger partial charge in [-0.25, -0.2) is 18.0 Å². The fourth-order valence-corrected chi connectivity index (χ4v) is 2.37. The Hall–Kier alpha value is -2.90. The SMILES string of the molecule is Fc1cc(-c2ccccn2)cc(F)c1F.O=C1CNC(=O)N1C1CC1. The fraction of sp³-hybridized carbons (Fsp3) is 0.235. The molecule has 0 radical (unpaired) electrons. The molecule has 1 saturated heterocycles. The molecule has 0 spiro atoms. The van der Waals surface area contributed by atoms with Crippen LogP contribution in [-0.2, 0) is 4.79 Å². The molecule has 2 fully saturated rings. The number of nitrogens with one attached hydrogen (secondary N) is 1. The Kier molecular flexibility index (Phi) is 4.69. The molecule has 1 aromatic heterocycles. The van der Waals surface area contributed by atoms with Gasteiger partial charge in [0, 0.05) is 17.8 Å². The number of pyridine rings is 1. The molecule has 8 heteroatoms. The molecule has 2 aromatic rings. The van der Waals surface area contributed by atoms with Crippen molar-refractivity contribution >= 4 is 11.9 Å². The molecule has 25 heavy (non-hydrogen) atoms. The summed E-state index contributed by atoms with van der Waals surface area (Å²) in [6, 6.07) is 6.79. The number of nitrogens with zero attached hydrogens (tertiary/aromatic N) is 2. The van der Waals surface area contributed by atoms with Crippen LogP contribution in [0.5, 0.6) is 0 Å². The monoisotopic (exact) mass is 349 g/mol. The first-order chi connectivity index (χ1) is 12.0. The number of hydrogen-bond acceptors (Lipinski definition) is 3. The second kappa shape index (κ2) is 6.92. The molecule has 0 unspecified atom stereocenters. The van der Waals surface area contributed by atoms with E-state index in [9.17, 15) is 22.8 Å². The molecule has 4 rings (SSSR count). The van der Waals surface area contributed by atoms with E-state index in [0.717, 1.165) is 25.0 Å². The van der Waals surface area contributed by atoms with Crippen LogP contribution in [0.15, 0.2) is 36.5 Å². The highest BCUT2D eigenvalue weighted by molar-refractivity contribution is 6.02. The molecule has 0 bridgehead atoms. The standard InChI is InChI=1S/C11H6F3N.C6H8N2O2/c12-8-5-7(6-9(13)11(8)14)10-3-1-2-4-15-10;9-5-3-7-6(10)8(5)4-1-2-4/h1-6H;4H,1-3H2,(H,7,10). The lowest BCUT2D eigenvalue weighted by Gasteiger charge is -2.08. The van der Waals surface area contributed by atoms with Crippen molar-refractivity contribution in [2.45, 2.75) is 18.9 Å². The van der Waals surface area contributed by atoms with E-state index in [1.165, 1.54) is 11.1 Å². The van der Waals surface area contributed by atoms with Crippen molar-refractivity contribution in [1.29, 1.82) is 0 Å². The van der Waals surface area contributed by atoms with E-state index >= 15 is 0 Å². The molecule has 1 aliphatic carbocycles. The third-order valence-corrected chi connectivity index (χ3v) is 3.73.